The first-order chi connectivity index (χ1) is 14.4. The molecule has 1 amide bonds. The summed E-state index contributed by atoms with van der Waals surface area (Å²) in [6.45, 7) is 2.15. The van der Waals surface area contributed by atoms with E-state index in [1.807, 2.05) is 0 Å². The number of anilines is 1. The van der Waals surface area contributed by atoms with E-state index in [-0.39, 0.29) is 23.7 Å². The summed E-state index contributed by atoms with van der Waals surface area (Å²) in [5.41, 5.74) is -0.266. The van der Waals surface area contributed by atoms with Gasteiger partial charge in [0.05, 0.1) is 22.6 Å². The van der Waals surface area contributed by atoms with Gasteiger partial charge in [0.2, 0.25) is 0 Å². The molecule has 0 fully saturated rings. The number of hydrogen-bond acceptors (Lipinski definition) is 6. The molecule has 10 heteroatoms. The average Bonchev–Trinajstić information content (AvgIpc) is 3.18. The van der Waals surface area contributed by atoms with Crippen LogP contribution in [0.2, 0.25) is 10.0 Å². The Morgan fingerprint density at radius 1 is 1.13 bits per heavy atom. The summed E-state index contributed by atoms with van der Waals surface area (Å²) in [7, 11) is 0. The molecule has 0 saturated heterocycles. The zero-order chi connectivity index (χ0) is 21.7. The third kappa shape index (κ3) is 5.22. The van der Waals surface area contributed by atoms with Gasteiger partial charge in [0.25, 0.3) is 11.6 Å². The van der Waals surface area contributed by atoms with Crippen LogP contribution in [0.4, 0.5) is 11.4 Å². The highest BCUT2D eigenvalue weighted by Crippen LogP contribution is 2.30. The number of rotatable bonds is 8. The van der Waals surface area contributed by atoms with E-state index >= 15 is 0 Å². The largest absolute Gasteiger partial charge is 0.494 e. The van der Waals surface area contributed by atoms with E-state index in [0.717, 1.165) is 0 Å². The summed E-state index contributed by atoms with van der Waals surface area (Å²) in [4.78, 5) is 23.2. The fraction of sp³-hybridized carbons (Fsp3) is 0.150. The zero-order valence-electron chi connectivity index (χ0n) is 15.7. The van der Waals surface area contributed by atoms with Crippen LogP contribution in [0.15, 0.2) is 52.9 Å². The smallest absolute Gasteiger partial charge is 0.296 e. The van der Waals surface area contributed by atoms with Crippen LogP contribution >= 0.6 is 23.2 Å². The SMILES string of the molecule is CCOc1ccc(NC(=O)c2ccc(COc3ccc(Cl)cc3Cl)o2)c([N+](=O)[O-])c1. The molecular formula is C20H16Cl2N2O6. The van der Waals surface area contributed by atoms with Crippen LogP contribution < -0.4 is 14.8 Å². The number of ether oxygens (including phenoxy) is 2. The molecule has 1 N–H and O–H groups in total. The molecule has 0 bridgehead atoms. The standard InChI is InChI=1S/C20H16Cl2N2O6/c1-2-28-13-4-6-16(17(10-13)24(26)27)23-20(25)19-8-5-14(30-19)11-29-18-7-3-12(21)9-15(18)22/h3-10H,2,11H2,1H3,(H,23,25). The van der Waals surface area contributed by atoms with E-state index in [0.29, 0.717) is 33.9 Å². The van der Waals surface area contributed by atoms with E-state index in [1.165, 1.54) is 24.3 Å². The molecule has 1 heterocycles. The number of nitro groups is 1. The first kappa shape index (κ1) is 21.5. The molecule has 8 nitrogen and oxygen atoms in total. The highest BCUT2D eigenvalue weighted by molar-refractivity contribution is 6.35. The maximum Gasteiger partial charge on any atom is 0.296 e. The summed E-state index contributed by atoms with van der Waals surface area (Å²) in [6, 6.07) is 12.0. The summed E-state index contributed by atoms with van der Waals surface area (Å²) in [5, 5.41) is 14.6. The molecule has 1 aromatic heterocycles. The van der Waals surface area contributed by atoms with Gasteiger partial charge in [-0.15, -0.1) is 0 Å². The minimum atomic E-state index is -0.641. The Labute approximate surface area is 181 Å². The maximum absolute atomic E-state index is 12.4. The lowest BCUT2D eigenvalue weighted by Crippen LogP contribution is -2.12. The van der Waals surface area contributed by atoms with Crippen molar-refractivity contribution in [3.63, 3.8) is 0 Å². The Kier molecular flexibility index (Phi) is 6.81. The Balaban J connectivity index is 1.68. The number of hydrogen-bond donors (Lipinski definition) is 1. The maximum atomic E-state index is 12.4. The minimum Gasteiger partial charge on any atom is -0.494 e. The number of amides is 1. The van der Waals surface area contributed by atoms with Gasteiger partial charge in [0, 0.05) is 5.02 Å². The van der Waals surface area contributed by atoms with Gasteiger partial charge < -0.3 is 19.2 Å². The quantitative estimate of drug-likeness (QED) is 0.347. The molecule has 0 spiro atoms. The Bertz CT molecular complexity index is 1080. The predicted molar refractivity (Wildman–Crippen MR) is 112 cm³/mol. The van der Waals surface area contributed by atoms with E-state index < -0.39 is 10.8 Å². The first-order valence-corrected chi connectivity index (χ1v) is 9.52. The molecule has 3 rings (SSSR count). The normalized spacial score (nSPS) is 10.5. The van der Waals surface area contributed by atoms with Crippen molar-refractivity contribution in [3.05, 3.63) is 80.2 Å². The third-order valence-corrected chi connectivity index (χ3v) is 4.40. The summed E-state index contributed by atoms with van der Waals surface area (Å²) >= 11 is 11.9. The molecule has 3 aromatic rings. The predicted octanol–water partition coefficient (Wildman–Crippen LogP) is 5.72. The van der Waals surface area contributed by atoms with Crippen LogP contribution in [-0.2, 0) is 6.61 Å². The molecule has 0 aliphatic rings. The number of nitrogens with zero attached hydrogens (tertiary/aromatic N) is 1. The molecule has 0 radical (unpaired) electrons. The van der Waals surface area contributed by atoms with Crippen LogP contribution in [0.25, 0.3) is 0 Å². The molecule has 2 aromatic carbocycles. The number of nitro benzene ring substituents is 1. The lowest BCUT2D eigenvalue weighted by atomic mass is 10.2. The van der Waals surface area contributed by atoms with Crippen LogP contribution in [-0.4, -0.2) is 17.4 Å². The number of halogens is 2. The third-order valence-electron chi connectivity index (χ3n) is 3.87. The van der Waals surface area contributed by atoms with Gasteiger partial charge in [-0.25, -0.2) is 0 Å². The number of carbonyl (C=O) groups is 1. The van der Waals surface area contributed by atoms with E-state index in [1.54, 1.807) is 31.2 Å². The number of nitrogens with one attached hydrogen (secondary N) is 1. The van der Waals surface area contributed by atoms with Crippen molar-refractivity contribution in [1.82, 2.24) is 0 Å². The van der Waals surface area contributed by atoms with Gasteiger partial charge in [-0.2, -0.15) is 0 Å². The van der Waals surface area contributed by atoms with Gasteiger partial charge in [-0.1, -0.05) is 23.2 Å². The van der Waals surface area contributed by atoms with Crippen LogP contribution in [0, 0.1) is 10.1 Å². The molecule has 156 valence electrons. The van der Waals surface area contributed by atoms with Crippen LogP contribution in [0.1, 0.15) is 23.2 Å². The zero-order valence-corrected chi connectivity index (χ0v) is 17.2. The van der Waals surface area contributed by atoms with Gasteiger partial charge in [-0.3, -0.25) is 14.9 Å². The monoisotopic (exact) mass is 450 g/mol. The van der Waals surface area contributed by atoms with Gasteiger partial charge in [0.15, 0.2) is 5.76 Å². The van der Waals surface area contributed by atoms with Crippen molar-refractivity contribution in [2.45, 2.75) is 13.5 Å². The summed E-state index contributed by atoms with van der Waals surface area (Å²) in [5.74, 6) is 0.443. The molecule has 0 aliphatic heterocycles. The van der Waals surface area contributed by atoms with Crippen LogP contribution in [0.5, 0.6) is 11.5 Å². The lowest BCUT2D eigenvalue weighted by molar-refractivity contribution is -0.384. The van der Waals surface area contributed by atoms with E-state index in [9.17, 15) is 14.9 Å². The minimum absolute atomic E-state index is 0.0237. The topological polar surface area (TPSA) is 104 Å². The number of furan rings is 1. The van der Waals surface area contributed by atoms with E-state index in [2.05, 4.69) is 5.32 Å². The second-order valence-corrected chi connectivity index (χ2v) is 6.80. The molecule has 30 heavy (non-hydrogen) atoms. The second-order valence-electron chi connectivity index (χ2n) is 5.95. The first-order valence-electron chi connectivity index (χ1n) is 8.76. The Hall–Kier alpha value is -3.23. The van der Waals surface area contributed by atoms with Crippen molar-refractivity contribution in [2.24, 2.45) is 0 Å². The van der Waals surface area contributed by atoms with Gasteiger partial charge in [-0.05, 0) is 49.4 Å². The summed E-state index contributed by atoms with van der Waals surface area (Å²) < 4.78 is 16.3. The van der Waals surface area contributed by atoms with Gasteiger partial charge in [0.1, 0.15) is 29.6 Å². The molecule has 0 aliphatic carbocycles. The molecule has 0 unspecified atom stereocenters. The van der Waals surface area contributed by atoms with Crippen molar-refractivity contribution >= 4 is 40.5 Å². The van der Waals surface area contributed by atoms with Crippen LogP contribution in [0.3, 0.4) is 0 Å². The van der Waals surface area contributed by atoms with Crippen molar-refractivity contribution < 1.29 is 23.6 Å². The number of carbonyl (C=O) groups excluding carboxylic acids is 1. The fourth-order valence-corrected chi connectivity index (χ4v) is 2.99. The average molecular weight is 451 g/mol. The van der Waals surface area contributed by atoms with Gasteiger partial charge >= 0.3 is 0 Å². The lowest BCUT2D eigenvalue weighted by Gasteiger charge is -2.08. The summed E-state index contributed by atoms with van der Waals surface area (Å²) in [6.07, 6.45) is 0. The molecule has 0 saturated carbocycles. The van der Waals surface area contributed by atoms with Crippen molar-refractivity contribution in [3.8, 4) is 11.5 Å². The highest BCUT2D eigenvalue weighted by Gasteiger charge is 2.20. The Morgan fingerprint density at radius 3 is 2.63 bits per heavy atom. The van der Waals surface area contributed by atoms with E-state index in [4.69, 9.17) is 37.1 Å². The Morgan fingerprint density at radius 2 is 1.93 bits per heavy atom. The number of benzene rings is 2. The van der Waals surface area contributed by atoms with Crippen molar-refractivity contribution in [2.75, 3.05) is 11.9 Å². The fourth-order valence-electron chi connectivity index (χ4n) is 2.53. The molecular weight excluding hydrogens is 435 g/mol. The molecule has 0 atom stereocenters. The highest BCUT2D eigenvalue weighted by atomic mass is 35.5. The van der Waals surface area contributed by atoms with Crippen molar-refractivity contribution in [1.29, 1.82) is 0 Å². The second kappa shape index (κ2) is 9.51.